The number of carbonyl (C=O) groups is 2. The fraction of sp³-hybridized carbons (Fsp3) is 0.271. The molecule has 1 atom stereocenters. The number of nitrogens with one attached hydrogen (secondary N) is 2. The Hall–Kier alpha value is -6.34. The van der Waals surface area contributed by atoms with Crippen molar-refractivity contribution in [1.29, 1.82) is 0 Å². The predicted molar refractivity (Wildman–Crippen MR) is 298 cm³/mol. The van der Waals surface area contributed by atoms with Gasteiger partial charge in [-0.2, -0.15) is 0 Å². The molecule has 2 fully saturated rings. The highest BCUT2D eigenvalue weighted by Gasteiger charge is 2.50. The summed E-state index contributed by atoms with van der Waals surface area (Å²) < 4.78 is 15.9. The highest BCUT2D eigenvalue weighted by molar-refractivity contribution is 6.99. The van der Waals surface area contributed by atoms with Gasteiger partial charge in [0.1, 0.15) is 18.1 Å². The van der Waals surface area contributed by atoms with E-state index in [1.165, 1.54) is 10.4 Å². The van der Waals surface area contributed by atoms with Gasteiger partial charge in [-0.25, -0.2) is 4.98 Å². The second kappa shape index (κ2) is 20.2. The summed E-state index contributed by atoms with van der Waals surface area (Å²) in [7, 11) is -2.81. The number of likely N-dealkylation sites (tertiary alicyclic amines) is 1. The molecule has 2 amide bonds. The maximum atomic E-state index is 15.4. The van der Waals surface area contributed by atoms with Gasteiger partial charge in [0.25, 0.3) is 14.2 Å². The number of fused-ring (bicyclic) bond motifs is 2. The first-order chi connectivity index (χ1) is 35.4. The standard InChI is InChI=1S/C59H57Cl3N6O4Si/c1-59(2,3)73(43-17-9-5-10-18-43,44-19-11-6-12-20-44)72-32-31-71-42-23-25-50(66-29-26-41(27-30-66)67-28-14-13-21-51(67)69)48(36-42)65-58(70)55-53-52-46(33-40(61)35-49(52)64-55)56(45-24-22-39(60)34-47(45)62)68-37-63-54(57(53)68)38-15-7-4-8-16-38/h4-12,15-20,22-25,33-37,41,56,64H,13-14,21,26-32H2,1-3H3,(H,65,70). The molecule has 2 saturated heterocycles. The smallest absolute Gasteiger partial charge is 0.272 e. The Morgan fingerprint density at radius 1 is 0.781 bits per heavy atom. The van der Waals surface area contributed by atoms with Crippen molar-refractivity contribution >= 4 is 87.6 Å². The molecule has 0 aliphatic carbocycles. The summed E-state index contributed by atoms with van der Waals surface area (Å²) in [6, 6.07) is 46.2. The third kappa shape index (κ3) is 9.14. The Morgan fingerprint density at radius 3 is 2.15 bits per heavy atom. The molecule has 11 rings (SSSR count). The number of aromatic nitrogens is 3. The SMILES string of the molecule is CC(C)(C)[Si](OCCOc1ccc(N2CCC(N3CCCCC3=O)CC2)c(NC(=O)c2[nH]c3cc(Cl)cc4c3c2-c2c(-c3ccccc3)ncn2C4c2ccc(Cl)cc2Cl)c1)(c1ccccc1)c1ccccc1. The van der Waals surface area contributed by atoms with Crippen LogP contribution in [0.5, 0.6) is 5.75 Å². The van der Waals surface area contributed by atoms with Gasteiger partial charge < -0.3 is 33.8 Å². The summed E-state index contributed by atoms with van der Waals surface area (Å²) in [4.78, 5) is 41.4. The van der Waals surface area contributed by atoms with Crippen LogP contribution < -0.4 is 25.3 Å². The van der Waals surface area contributed by atoms with Crippen LogP contribution in [-0.4, -0.2) is 78.5 Å². The molecule has 14 heteroatoms. The molecular formula is C59H57Cl3N6O4Si. The number of ether oxygens (including phenoxy) is 1. The number of halogens is 3. The van der Waals surface area contributed by atoms with Crippen molar-refractivity contribution in [3.63, 3.8) is 0 Å². The van der Waals surface area contributed by atoms with E-state index in [1.54, 1.807) is 6.07 Å². The average molecular weight is 1050 g/mol. The van der Waals surface area contributed by atoms with E-state index >= 15 is 4.79 Å². The van der Waals surface area contributed by atoms with Crippen LogP contribution in [-0.2, 0) is 9.22 Å². The predicted octanol–water partition coefficient (Wildman–Crippen LogP) is 12.8. The summed E-state index contributed by atoms with van der Waals surface area (Å²) in [5.41, 5.74) is 7.31. The number of rotatable bonds is 13. The Kier molecular flexibility index (Phi) is 13.5. The molecule has 3 aliphatic heterocycles. The lowest BCUT2D eigenvalue weighted by molar-refractivity contribution is -0.136. The Labute approximate surface area is 442 Å². The van der Waals surface area contributed by atoms with E-state index in [-0.39, 0.29) is 29.5 Å². The van der Waals surface area contributed by atoms with E-state index in [4.69, 9.17) is 48.9 Å². The number of hydrogen-bond acceptors (Lipinski definition) is 6. The minimum atomic E-state index is -2.81. The van der Waals surface area contributed by atoms with E-state index < -0.39 is 14.4 Å². The van der Waals surface area contributed by atoms with Crippen molar-refractivity contribution in [2.45, 2.75) is 70.0 Å². The zero-order valence-corrected chi connectivity index (χ0v) is 44.4. The van der Waals surface area contributed by atoms with Gasteiger partial charge in [0.2, 0.25) is 5.91 Å². The third-order valence-corrected chi connectivity index (χ3v) is 20.8. The Bertz CT molecular complexity index is 3290. The Morgan fingerprint density at radius 2 is 1.48 bits per heavy atom. The minimum absolute atomic E-state index is 0.191. The molecule has 0 saturated carbocycles. The van der Waals surface area contributed by atoms with E-state index in [9.17, 15) is 4.79 Å². The highest BCUT2D eigenvalue weighted by atomic mass is 35.5. The van der Waals surface area contributed by atoms with Crippen molar-refractivity contribution in [2.75, 3.05) is 43.1 Å². The summed E-state index contributed by atoms with van der Waals surface area (Å²) in [6.45, 7) is 9.68. The van der Waals surface area contributed by atoms with Gasteiger partial charge in [-0.3, -0.25) is 9.59 Å². The van der Waals surface area contributed by atoms with E-state index in [0.29, 0.717) is 56.3 Å². The normalized spacial score (nSPS) is 16.2. The van der Waals surface area contributed by atoms with Crippen LogP contribution in [0.25, 0.3) is 33.4 Å². The van der Waals surface area contributed by atoms with Crippen molar-refractivity contribution in [3.05, 3.63) is 178 Å². The summed E-state index contributed by atoms with van der Waals surface area (Å²) >= 11 is 20.4. The lowest BCUT2D eigenvalue weighted by Crippen LogP contribution is -2.66. The highest BCUT2D eigenvalue weighted by Crippen LogP contribution is 2.51. The quantitative estimate of drug-likeness (QED) is 0.0880. The summed E-state index contributed by atoms with van der Waals surface area (Å²) in [6.07, 6.45) is 6.09. The fourth-order valence-corrected chi connectivity index (χ4v) is 16.9. The summed E-state index contributed by atoms with van der Waals surface area (Å²) in [5.74, 6) is 0.507. The van der Waals surface area contributed by atoms with Crippen molar-refractivity contribution in [3.8, 4) is 28.3 Å². The number of benzene rings is 6. The number of piperidine rings is 2. The molecule has 2 aromatic heterocycles. The van der Waals surface area contributed by atoms with Crippen molar-refractivity contribution in [2.24, 2.45) is 0 Å². The third-order valence-electron chi connectivity index (χ3n) is 14.9. The molecule has 10 nitrogen and oxygen atoms in total. The first-order valence-electron chi connectivity index (χ1n) is 25.2. The van der Waals surface area contributed by atoms with Crippen LogP contribution in [0.15, 0.2) is 146 Å². The number of amides is 2. The molecule has 6 aromatic carbocycles. The van der Waals surface area contributed by atoms with Gasteiger partial charge in [0.15, 0.2) is 0 Å². The molecule has 372 valence electrons. The molecule has 5 heterocycles. The Balaban J connectivity index is 0.958. The van der Waals surface area contributed by atoms with E-state index in [1.807, 2.05) is 91.3 Å². The van der Waals surface area contributed by atoms with Gasteiger partial charge in [-0.15, -0.1) is 0 Å². The van der Waals surface area contributed by atoms with Crippen LogP contribution >= 0.6 is 34.8 Å². The van der Waals surface area contributed by atoms with Crippen LogP contribution in [0.1, 0.15) is 80.5 Å². The fourth-order valence-electron chi connectivity index (χ4n) is 11.7. The molecular weight excluding hydrogens is 991 g/mol. The minimum Gasteiger partial charge on any atom is -0.491 e. The molecule has 1 unspecified atom stereocenters. The van der Waals surface area contributed by atoms with Crippen LogP contribution in [0.4, 0.5) is 11.4 Å². The van der Waals surface area contributed by atoms with E-state index in [0.717, 1.165) is 84.5 Å². The van der Waals surface area contributed by atoms with Crippen LogP contribution in [0, 0.1) is 0 Å². The molecule has 0 spiro atoms. The molecule has 0 bridgehead atoms. The van der Waals surface area contributed by atoms with Crippen molar-refractivity contribution in [1.82, 2.24) is 19.4 Å². The number of nitrogens with zero attached hydrogens (tertiary/aromatic N) is 4. The number of aromatic amines is 1. The van der Waals surface area contributed by atoms with Gasteiger partial charge in [0, 0.05) is 75.3 Å². The van der Waals surface area contributed by atoms with Crippen LogP contribution in [0.2, 0.25) is 20.1 Å². The molecule has 3 aliphatic rings. The monoisotopic (exact) mass is 1050 g/mol. The van der Waals surface area contributed by atoms with Crippen LogP contribution in [0.3, 0.4) is 0 Å². The largest absolute Gasteiger partial charge is 0.491 e. The maximum Gasteiger partial charge on any atom is 0.272 e. The van der Waals surface area contributed by atoms with E-state index in [2.05, 4.69) is 94.0 Å². The second-order valence-corrected chi connectivity index (χ2v) is 25.9. The van der Waals surface area contributed by atoms with Crippen molar-refractivity contribution < 1.29 is 18.8 Å². The summed E-state index contributed by atoms with van der Waals surface area (Å²) in [5, 5.41) is 7.96. The number of anilines is 2. The van der Waals surface area contributed by atoms with Gasteiger partial charge in [0.05, 0.1) is 41.7 Å². The number of H-pyrrole nitrogens is 1. The first kappa shape index (κ1) is 48.9. The van der Waals surface area contributed by atoms with Gasteiger partial charge in [-0.05, 0) is 88.6 Å². The number of carbonyl (C=O) groups excluding carboxylic acids is 2. The maximum absolute atomic E-state index is 15.4. The molecule has 8 aromatic rings. The lowest BCUT2D eigenvalue weighted by Gasteiger charge is -2.43. The zero-order chi connectivity index (χ0) is 50.4. The zero-order valence-electron chi connectivity index (χ0n) is 41.1. The van der Waals surface area contributed by atoms with Gasteiger partial charge >= 0.3 is 0 Å². The number of imidazole rings is 1. The molecule has 2 N–H and O–H groups in total. The second-order valence-electron chi connectivity index (χ2n) is 20.3. The molecule has 0 radical (unpaired) electrons. The topological polar surface area (TPSA) is 105 Å². The van der Waals surface area contributed by atoms with Gasteiger partial charge in [-0.1, -0.05) is 153 Å². The number of hydrogen-bond donors (Lipinski definition) is 2. The lowest BCUT2D eigenvalue weighted by atomic mass is 9.87. The average Bonchev–Trinajstić information content (AvgIpc) is 4.00. The first-order valence-corrected chi connectivity index (χ1v) is 28.2. The molecule has 73 heavy (non-hydrogen) atoms.